The van der Waals surface area contributed by atoms with Crippen LogP contribution in [0.4, 0.5) is 4.79 Å². The summed E-state index contributed by atoms with van der Waals surface area (Å²) in [4.78, 5) is 40.7. The Labute approximate surface area is 150 Å². The van der Waals surface area contributed by atoms with Crippen molar-refractivity contribution in [1.82, 2.24) is 20.2 Å². The number of imide groups is 1. The summed E-state index contributed by atoms with van der Waals surface area (Å²) >= 11 is 1.16. The van der Waals surface area contributed by atoms with Crippen LogP contribution in [0, 0.1) is 5.92 Å². The first-order valence-corrected chi connectivity index (χ1v) is 8.90. The van der Waals surface area contributed by atoms with Crippen molar-refractivity contribution in [3.05, 3.63) is 34.6 Å². The van der Waals surface area contributed by atoms with Gasteiger partial charge in [-0.15, -0.1) is 0 Å². The maximum atomic E-state index is 12.8. The zero-order valence-electron chi connectivity index (χ0n) is 14.7. The maximum absolute atomic E-state index is 12.8. The van der Waals surface area contributed by atoms with E-state index >= 15 is 0 Å². The molecule has 0 radical (unpaired) electrons. The minimum atomic E-state index is -0.580. The first kappa shape index (κ1) is 19.0. The van der Waals surface area contributed by atoms with Crippen molar-refractivity contribution in [2.45, 2.75) is 37.7 Å². The third kappa shape index (κ3) is 4.60. The van der Waals surface area contributed by atoms with Crippen LogP contribution in [0.3, 0.4) is 0 Å². The van der Waals surface area contributed by atoms with Crippen LogP contribution in [0.5, 0.6) is 0 Å². The number of nitrogens with zero attached hydrogens (tertiary/aromatic N) is 2. The number of thioether (sulfide) groups is 1. The second kappa shape index (κ2) is 8.15. The van der Waals surface area contributed by atoms with Gasteiger partial charge in [0.1, 0.15) is 0 Å². The number of urea groups is 1. The van der Waals surface area contributed by atoms with Gasteiger partial charge >= 0.3 is 6.03 Å². The Morgan fingerprint density at radius 1 is 1.24 bits per heavy atom. The molecule has 0 fully saturated rings. The van der Waals surface area contributed by atoms with Crippen LogP contribution in [-0.4, -0.2) is 33.8 Å². The van der Waals surface area contributed by atoms with Crippen molar-refractivity contribution >= 4 is 34.6 Å². The lowest BCUT2D eigenvalue weighted by molar-refractivity contribution is -0.119. The number of nitrogens with one attached hydrogen (secondary N) is 2. The molecule has 1 atom stereocenters. The highest BCUT2D eigenvalue weighted by Gasteiger charge is 2.21. The minimum absolute atomic E-state index is 0.124. The summed E-state index contributed by atoms with van der Waals surface area (Å²) in [6.07, 6.45) is 0. The molecular weight excluding hydrogens is 340 g/mol. The van der Waals surface area contributed by atoms with E-state index in [1.54, 1.807) is 29.7 Å². The van der Waals surface area contributed by atoms with Crippen molar-refractivity contribution in [3.8, 4) is 0 Å². The number of aromatic nitrogens is 2. The minimum Gasteiger partial charge on any atom is -0.341 e. The van der Waals surface area contributed by atoms with Gasteiger partial charge in [-0.2, -0.15) is 0 Å². The van der Waals surface area contributed by atoms with Crippen molar-refractivity contribution < 1.29 is 9.59 Å². The molecule has 0 saturated heterocycles. The average molecular weight is 362 g/mol. The molecule has 0 spiro atoms. The fourth-order valence-electron chi connectivity index (χ4n) is 2.25. The Morgan fingerprint density at radius 2 is 1.92 bits per heavy atom. The molecule has 1 heterocycles. The van der Waals surface area contributed by atoms with Gasteiger partial charge in [-0.3, -0.25) is 19.5 Å². The summed E-state index contributed by atoms with van der Waals surface area (Å²) in [7, 11) is 1.44. The molecule has 2 aromatic rings. The van der Waals surface area contributed by atoms with Crippen molar-refractivity contribution in [2.75, 3.05) is 7.05 Å². The number of para-hydroxylation sites is 1. The van der Waals surface area contributed by atoms with Gasteiger partial charge in [0.15, 0.2) is 5.16 Å². The van der Waals surface area contributed by atoms with E-state index in [2.05, 4.69) is 15.6 Å². The van der Waals surface area contributed by atoms with Crippen LogP contribution in [0.25, 0.3) is 10.9 Å². The Hall–Kier alpha value is -2.35. The molecule has 0 aliphatic heterocycles. The second-order valence-electron chi connectivity index (χ2n) is 6.05. The number of amides is 3. The Balaban J connectivity index is 2.40. The van der Waals surface area contributed by atoms with Gasteiger partial charge in [0.05, 0.1) is 16.2 Å². The van der Waals surface area contributed by atoms with Crippen LogP contribution < -0.4 is 16.2 Å². The summed E-state index contributed by atoms with van der Waals surface area (Å²) in [5, 5.41) is 5.01. The molecule has 25 heavy (non-hydrogen) atoms. The summed E-state index contributed by atoms with van der Waals surface area (Å²) in [6, 6.07) is 6.58. The van der Waals surface area contributed by atoms with Crippen molar-refractivity contribution in [3.63, 3.8) is 0 Å². The average Bonchev–Trinajstić information content (AvgIpc) is 2.57. The highest BCUT2D eigenvalue weighted by atomic mass is 32.2. The monoisotopic (exact) mass is 362 g/mol. The quantitative estimate of drug-likeness (QED) is 0.627. The highest BCUT2D eigenvalue weighted by molar-refractivity contribution is 8.00. The topological polar surface area (TPSA) is 93.1 Å². The third-order valence-corrected chi connectivity index (χ3v) is 4.58. The molecule has 0 unspecified atom stereocenters. The van der Waals surface area contributed by atoms with Crippen LogP contribution in [-0.2, 0) is 11.3 Å². The van der Waals surface area contributed by atoms with Gasteiger partial charge < -0.3 is 5.32 Å². The fourth-order valence-corrected chi connectivity index (χ4v) is 3.17. The molecule has 0 aliphatic rings. The lowest BCUT2D eigenvalue weighted by Crippen LogP contribution is -2.41. The molecule has 0 bridgehead atoms. The molecule has 1 aromatic heterocycles. The number of fused-ring (bicyclic) bond motifs is 1. The lowest BCUT2D eigenvalue weighted by atomic mass is 10.2. The first-order valence-electron chi connectivity index (χ1n) is 8.02. The van der Waals surface area contributed by atoms with E-state index in [0.29, 0.717) is 22.6 Å². The molecule has 2 rings (SSSR count). The molecule has 8 heteroatoms. The van der Waals surface area contributed by atoms with Gasteiger partial charge in [0.25, 0.3) is 5.56 Å². The smallest absolute Gasteiger partial charge is 0.321 e. The maximum Gasteiger partial charge on any atom is 0.321 e. The van der Waals surface area contributed by atoms with Crippen molar-refractivity contribution in [2.24, 2.45) is 5.92 Å². The number of rotatable bonds is 5. The van der Waals surface area contributed by atoms with Crippen LogP contribution >= 0.6 is 11.8 Å². The van der Waals surface area contributed by atoms with E-state index in [9.17, 15) is 14.4 Å². The number of carbonyl (C=O) groups excluding carboxylic acids is 2. The predicted octanol–water partition coefficient (Wildman–Crippen LogP) is 1.99. The van der Waals surface area contributed by atoms with E-state index in [1.165, 1.54) is 7.05 Å². The molecule has 3 amide bonds. The summed E-state index contributed by atoms with van der Waals surface area (Å²) in [5.74, 6) is -0.196. The number of hydrogen-bond acceptors (Lipinski definition) is 5. The standard InChI is InChI=1S/C17H22N4O3S/c1-10(2)9-21-15(23)12-7-5-6-8-13(12)19-17(21)25-11(3)14(22)20-16(24)18-4/h5-8,10-11H,9H2,1-4H3,(H2,18,20,22,24)/t11-/m1/s1. The molecular formula is C17H22N4O3S. The zero-order valence-corrected chi connectivity index (χ0v) is 15.5. The van der Waals surface area contributed by atoms with E-state index in [4.69, 9.17) is 0 Å². The summed E-state index contributed by atoms with van der Waals surface area (Å²) < 4.78 is 1.60. The Morgan fingerprint density at radius 3 is 2.56 bits per heavy atom. The lowest BCUT2D eigenvalue weighted by Gasteiger charge is -2.17. The third-order valence-electron chi connectivity index (χ3n) is 3.49. The van der Waals surface area contributed by atoms with Gasteiger partial charge in [-0.1, -0.05) is 37.7 Å². The normalized spacial score (nSPS) is 12.2. The van der Waals surface area contributed by atoms with Crippen LogP contribution in [0.2, 0.25) is 0 Å². The molecule has 2 N–H and O–H groups in total. The number of hydrogen-bond donors (Lipinski definition) is 2. The molecule has 0 saturated carbocycles. The first-order chi connectivity index (χ1) is 11.8. The molecule has 7 nitrogen and oxygen atoms in total. The zero-order chi connectivity index (χ0) is 18.6. The number of benzene rings is 1. The van der Waals surface area contributed by atoms with Gasteiger partial charge in [0.2, 0.25) is 5.91 Å². The predicted molar refractivity (Wildman–Crippen MR) is 98.8 cm³/mol. The van der Waals surface area contributed by atoms with Crippen molar-refractivity contribution in [1.29, 1.82) is 0 Å². The Kier molecular flexibility index (Phi) is 6.19. The summed E-state index contributed by atoms with van der Waals surface area (Å²) in [5.41, 5.74) is 0.467. The molecule has 0 aliphatic carbocycles. The largest absolute Gasteiger partial charge is 0.341 e. The van der Waals surface area contributed by atoms with E-state index in [1.807, 2.05) is 19.9 Å². The fraction of sp³-hybridized carbons (Fsp3) is 0.412. The van der Waals surface area contributed by atoms with Gasteiger partial charge in [-0.05, 0) is 25.0 Å². The Bertz CT molecular complexity index is 847. The molecule has 134 valence electrons. The molecule has 1 aromatic carbocycles. The SMILES string of the molecule is CNC(=O)NC(=O)[C@@H](C)Sc1nc2ccccc2c(=O)n1CC(C)C. The number of carbonyl (C=O) groups is 2. The van der Waals surface area contributed by atoms with E-state index in [-0.39, 0.29) is 11.5 Å². The van der Waals surface area contributed by atoms with Crippen LogP contribution in [0.1, 0.15) is 20.8 Å². The van der Waals surface area contributed by atoms with E-state index in [0.717, 1.165) is 11.8 Å². The summed E-state index contributed by atoms with van der Waals surface area (Å²) in [6.45, 7) is 6.20. The van der Waals surface area contributed by atoms with Gasteiger partial charge in [-0.25, -0.2) is 9.78 Å². The second-order valence-corrected chi connectivity index (χ2v) is 7.36. The van der Waals surface area contributed by atoms with E-state index < -0.39 is 17.2 Å². The van der Waals surface area contributed by atoms with Gasteiger partial charge in [0, 0.05) is 13.6 Å². The van der Waals surface area contributed by atoms with Crippen LogP contribution in [0.15, 0.2) is 34.2 Å². The highest BCUT2D eigenvalue weighted by Crippen LogP contribution is 2.23.